The van der Waals surface area contributed by atoms with Gasteiger partial charge < -0.3 is 0 Å². The Balaban J connectivity index is 1.80. The monoisotopic (exact) mass is 283 g/mol. The molecule has 0 unspecified atom stereocenters. The lowest BCUT2D eigenvalue weighted by molar-refractivity contribution is 0.756. The lowest BCUT2D eigenvalue weighted by atomic mass is 10.2. The van der Waals surface area contributed by atoms with Crippen molar-refractivity contribution in [1.29, 1.82) is 0 Å². The molecule has 0 amide bonds. The van der Waals surface area contributed by atoms with Gasteiger partial charge >= 0.3 is 0 Å². The highest BCUT2D eigenvalue weighted by Gasteiger charge is 2.09. The van der Waals surface area contributed by atoms with Crippen LogP contribution in [0.4, 0.5) is 0 Å². The smallest absolute Gasteiger partial charge is 0.214 e. The van der Waals surface area contributed by atoms with Crippen LogP contribution >= 0.6 is 11.8 Å². The maximum Gasteiger partial charge on any atom is 0.214 e. The second-order valence-corrected chi connectivity index (χ2v) is 5.21. The third-order valence-corrected chi connectivity index (χ3v) is 3.83. The van der Waals surface area contributed by atoms with E-state index in [9.17, 15) is 0 Å². The lowest BCUT2D eigenvalue weighted by Crippen LogP contribution is -1.99. The first-order valence-corrected chi connectivity index (χ1v) is 7.20. The first-order chi connectivity index (χ1) is 9.84. The molecule has 3 aromatic rings. The molecule has 6 heteroatoms. The Morgan fingerprint density at radius 2 is 1.95 bits per heavy atom. The summed E-state index contributed by atoms with van der Waals surface area (Å²) >= 11 is 1.58. The maximum atomic E-state index is 4.38. The van der Waals surface area contributed by atoms with Crippen LogP contribution in [-0.4, -0.2) is 25.2 Å². The third-order valence-electron chi connectivity index (χ3n) is 2.90. The summed E-state index contributed by atoms with van der Waals surface area (Å²) in [6, 6.07) is 13.9. The molecule has 0 aliphatic heterocycles. The SMILES string of the molecule is Cc1cccnc1CSc1nnnn1-c1ccccc1. The van der Waals surface area contributed by atoms with Crippen LogP contribution in [0.5, 0.6) is 0 Å². The summed E-state index contributed by atoms with van der Waals surface area (Å²) in [6.07, 6.45) is 1.81. The molecule has 5 nitrogen and oxygen atoms in total. The van der Waals surface area contributed by atoms with Gasteiger partial charge in [0.1, 0.15) is 0 Å². The second kappa shape index (κ2) is 5.83. The lowest BCUT2D eigenvalue weighted by Gasteiger charge is -2.05. The van der Waals surface area contributed by atoms with Gasteiger partial charge in [-0.05, 0) is 41.1 Å². The summed E-state index contributed by atoms with van der Waals surface area (Å²) < 4.78 is 1.74. The van der Waals surface area contributed by atoms with Crippen LogP contribution in [0, 0.1) is 6.92 Å². The topological polar surface area (TPSA) is 56.5 Å². The largest absolute Gasteiger partial charge is 0.260 e. The first kappa shape index (κ1) is 12.8. The number of tetrazole rings is 1. The van der Waals surface area contributed by atoms with Crippen LogP contribution < -0.4 is 0 Å². The fourth-order valence-electron chi connectivity index (χ4n) is 1.80. The van der Waals surface area contributed by atoms with Crippen LogP contribution in [0.15, 0.2) is 53.8 Å². The molecule has 0 bridgehead atoms. The number of nitrogens with zero attached hydrogens (tertiary/aromatic N) is 5. The van der Waals surface area contributed by atoms with Crippen LogP contribution in [0.25, 0.3) is 5.69 Å². The van der Waals surface area contributed by atoms with Gasteiger partial charge in [0.25, 0.3) is 0 Å². The van der Waals surface area contributed by atoms with E-state index in [1.807, 2.05) is 42.6 Å². The summed E-state index contributed by atoms with van der Waals surface area (Å²) in [5.74, 6) is 0.750. The highest BCUT2D eigenvalue weighted by molar-refractivity contribution is 7.98. The number of hydrogen-bond donors (Lipinski definition) is 0. The average Bonchev–Trinajstić information content (AvgIpc) is 2.96. The molecule has 0 radical (unpaired) electrons. The van der Waals surface area contributed by atoms with E-state index in [4.69, 9.17) is 0 Å². The minimum absolute atomic E-state index is 0.750. The number of benzene rings is 1. The molecule has 0 aliphatic carbocycles. The van der Waals surface area contributed by atoms with E-state index >= 15 is 0 Å². The van der Waals surface area contributed by atoms with Gasteiger partial charge in [-0.2, -0.15) is 4.68 Å². The maximum absolute atomic E-state index is 4.38. The second-order valence-electron chi connectivity index (χ2n) is 4.26. The fourth-order valence-corrected chi connectivity index (χ4v) is 2.73. The van der Waals surface area contributed by atoms with Gasteiger partial charge in [-0.15, -0.1) is 5.10 Å². The number of thioether (sulfide) groups is 1. The fraction of sp³-hybridized carbons (Fsp3) is 0.143. The number of hydrogen-bond acceptors (Lipinski definition) is 5. The molecule has 0 saturated carbocycles. The van der Waals surface area contributed by atoms with Crippen LogP contribution in [-0.2, 0) is 5.75 Å². The number of aryl methyl sites for hydroxylation is 1. The standard InChI is InChI=1S/C14H13N5S/c1-11-6-5-9-15-13(11)10-20-14-16-17-18-19(14)12-7-3-2-4-8-12/h2-9H,10H2,1H3. The Morgan fingerprint density at radius 3 is 2.75 bits per heavy atom. The number of para-hydroxylation sites is 1. The van der Waals surface area contributed by atoms with Crippen molar-refractivity contribution in [2.24, 2.45) is 0 Å². The summed E-state index contributed by atoms with van der Waals surface area (Å²) in [7, 11) is 0. The summed E-state index contributed by atoms with van der Waals surface area (Å²) in [5, 5.41) is 12.6. The zero-order chi connectivity index (χ0) is 13.8. The molecule has 2 aromatic heterocycles. The molecule has 0 N–H and O–H groups in total. The Morgan fingerprint density at radius 1 is 1.10 bits per heavy atom. The van der Waals surface area contributed by atoms with Gasteiger partial charge in [-0.1, -0.05) is 36.0 Å². The van der Waals surface area contributed by atoms with Crippen LogP contribution in [0.2, 0.25) is 0 Å². The Kier molecular flexibility index (Phi) is 3.73. The van der Waals surface area contributed by atoms with Gasteiger partial charge in [0.05, 0.1) is 11.4 Å². The molecule has 2 heterocycles. The third kappa shape index (κ3) is 2.70. The first-order valence-electron chi connectivity index (χ1n) is 6.22. The van der Waals surface area contributed by atoms with Crippen molar-refractivity contribution in [3.05, 3.63) is 59.9 Å². The van der Waals surface area contributed by atoms with Crippen molar-refractivity contribution in [2.45, 2.75) is 17.8 Å². The van der Waals surface area contributed by atoms with Crippen molar-refractivity contribution < 1.29 is 0 Å². The molecule has 3 rings (SSSR count). The Hall–Kier alpha value is -2.21. The van der Waals surface area contributed by atoms with Gasteiger partial charge in [-0.3, -0.25) is 4.98 Å². The quantitative estimate of drug-likeness (QED) is 0.689. The van der Waals surface area contributed by atoms with Gasteiger partial charge in [0.15, 0.2) is 0 Å². The van der Waals surface area contributed by atoms with Crippen molar-refractivity contribution >= 4 is 11.8 Å². The van der Waals surface area contributed by atoms with Crippen molar-refractivity contribution in [1.82, 2.24) is 25.2 Å². The van der Waals surface area contributed by atoms with Gasteiger partial charge in [-0.25, -0.2) is 0 Å². The van der Waals surface area contributed by atoms with Crippen molar-refractivity contribution in [3.8, 4) is 5.69 Å². The normalized spacial score (nSPS) is 10.7. The molecule has 0 atom stereocenters. The Labute approximate surface area is 121 Å². The predicted octanol–water partition coefficient (Wildman–Crippen LogP) is 2.66. The van der Waals surface area contributed by atoms with E-state index in [2.05, 4.69) is 33.5 Å². The molecule has 20 heavy (non-hydrogen) atoms. The van der Waals surface area contributed by atoms with E-state index in [1.54, 1.807) is 16.4 Å². The van der Waals surface area contributed by atoms with Crippen LogP contribution in [0.1, 0.15) is 11.3 Å². The van der Waals surface area contributed by atoms with Gasteiger partial charge in [0, 0.05) is 11.9 Å². The average molecular weight is 283 g/mol. The van der Waals surface area contributed by atoms with Crippen molar-refractivity contribution in [2.75, 3.05) is 0 Å². The van der Waals surface area contributed by atoms with E-state index < -0.39 is 0 Å². The summed E-state index contributed by atoms with van der Waals surface area (Å²) in [5.41, 5.74) is 3.19. The number of aromatic nitrogens is 5. The van der Waals surface area contributed by atoms with E-state index in [0.717, 1.165) is 22.3 Å². The number of pyridine rings is 1. The molecular formula is C14H13N5S. The zero-order valence-corrected chi connectivity index (χ0v) is 11.8. The van der Waals surface area contributed by atoms with E-state index in [-0.39, 0.29) is 0 Å². The molecule has 0 fully saturated rings. The minimum Gasteiger partial charge on any atom is -0.260 e. The molecule has 0 aliphatic rings. The van der Waals surface area contributed by atoms with E-state index in [0.29, 0.717) is 0 Å². The van der Waals surface area contributed by atoms with E-state index in [1.165, 1.54) is 5.56 Å². The number of rotatable bonds is 4. The van der Waals surface area contributed by atoms with Crippen LogP contribution in [0.3, 0.4) is 0 Å². The predicted molar refractivity (Wildman–Crippen MR) is 77.7 cm³/mol. The van der Waals surface area contributed by atoms with Crippen molar-refractivity contribution in [3.63, 3.8) is 0 Å². The zero-order valence-electron chi connectivity index (χ0n) is 11.0. The summed E-state index contributed by atoms with van der Waals surface area (Å²) in [6.45, 7) is 2.06. The summed E-state index contributed by atoms with van der Waals surface area (Å²) in [4.78, 5) is 4.38. The van der Waals surface area contributed by atoms with Gasteiger partial charge in [0.2, 0.25) is 5.16 Å². The minimum atomic E-state index is 0.750. The highest BCUT2D eigenvalue weighted by atomic mass is 32.2. The molecular weight excluding hydrogens is 270 g/mol. The highest BCUT2D eigenvalue weighted by Crippen LogP contribution is 2.22. The molecule has 0 saturated heterocycles. The molecule has 0 spiro atoms. The Bertz CT molecular complexity index is 696. The molecule has 1 aromatic carbocycles. The molecule has 100 valence electrons.